The Morgan fingerprint density at radius 3 is 2.06 bits per heavy atom. The van der Waals surface area contributed by atoms with Crippen molar-refractivity contribution in [3.8, 4) is 0 Å². The molecule has 0 radical (unpaired) electrons. The van der Waals surface area contributed by atoms with Crippen molar-refractivity contribution in [3.05, 3.63) is 0 Å². The highest BCUT2D eigenvalue weighted by atomic mass is 16.4. The quantitative estimate of drug-likeness (QED) is 0.334. The van der Waals surface area contributed by atoms with Gasteiger partial charge in [0.05, 0.1) is 11.3 Å². The van der Waals surface area contributed by atoms with Gasteiger partial charge in [-0.15, -0.1) is 0 Å². The van der Waals surface area contributed by atoms with E-state index in [9.17, 15) is 4.79 Å². The van der Waals surface area contributed by atoms with E-state index >= 15 is 0 Å². The molecule has 0 fully saturated rings. The van der Waals surface area contributed by atoms with Crippen molar-refractivity contribution in [1.29, 1.82) is 0 Å². The summed E-state index contributed by atoms with van der Waals surface area (Å²) in [6, 6.07) is -0.327. The van der Waals surface area contributed by atoms with Crippen LogP contribution in [-0.2, 0) is 0 Å². The van der Waals surface area contributed by atoms with Gasteiger partial charge >= 0.3 is 6.03 Å². The van der Waals surface area contributed by atoms with Crippen molar-refractivity contribution in [1.82, 2.24) is 16.2 Å². The molecule has 0 unspecified atom stereocenters. The Morgan fingerprint density at radius 2 is 1.69 bits per heavy atom. The number of hydrogen-bond acceptors (Lipinski definition) is 4. The first-order chi connectivity index (χ1) is 7.08. The third-order valence-electron chi connectivity index (χ3n) is 2.03. The fourth-order valence-corrected chi connectivity index (χ4v) is 0.800. The normalized spacial score (nSPS) is 13.5. The van der Waals surface area contributed by atoms with Gasteiger partial charge in [-0.1, -0.05) is 5.16 Å². The first-order valence-corrected chi connectivity index (χ1v) is 5.13. The number of rotatable bonds is 3. The molecule has 2 amide bonds. The molecular weight excluding hydrogens is 208 g/mol. The summed E-state index contributed by atoms with van der Waals surface area (Å²) in [6.07, 6.45) is 0. The van der Waals surface area contributed by atoms with Gasteiger partial charge < -0.3 is 10.5 Å². The van der Waals surface area contributed by atoms with Crippen molar-refractivity contribution in [2.75, 3.05) is 0 Å². The number of carbonyl (C=O) groups is 1. The van der Waals surface area contributed by atoms with Crippen LogP contribution in [0, 0.1) is 0 Å². The lowest BCUT2D eigenvalue weighted by Crippen LogP contribution is -2.58. The zero-order valence-electron chi connectivity index (χ0n) is 10.8. The number of oxime groups is 1. The molecule has 16 heavy (non-hydrogen) atoms. The standard InChI is InChI=1S/C10H22N4O2/c1-7(13-16)10(5,6)14-12-8(15)11-9(2,3)4/h14,16H,1-6H3,(H2,11,12,15)/b13-7-. The molecule has 0 saturated carbocycles. The highest BCUT2D eigenvalue weighted by Crippen LogP contribution is 2.03. The molecule has 94 valence electrons. The average Bonchev–Trinajstić information content (AvgIpc) is 2.11. The summed E-state index contributed by atoms with van der Waals surface area (Å²) in [7, 11) is 0. The summed E-state index contributed by atoms with van der Waals surface area (Å²) in [6.45, 7) is 10.9. The molecule has 0 heterocycles. The third kappa shape index (κ3) is 5.55. The molecule has 0 aliphatic rings. The number of hydrogen-bond donors (Lipinski definition) is 4. The van der Waals surface area contributed by atoms with Crippen molar-refractivity contribution in [2.45, 2.75) is 52.6 Å². The highest BCUT2D eigenvalue weighted by Gasteiger charge is 2.23. The van der Waals surface area contributed by atoms with E-state index in [1.165, 1.54) is 0 Å². The molecule has 4 N–H and O–H groups in total. The van der Waals surface area contributed by atoms with Crippen molar-refractivity contribution >= 4 is 11.7 Å². The number of amides is 2. The van der Waals surface area contributed by atoms with Gasteiger partial charge in [0.2, 0.25) is 0 Å². The summed E-state index contributed by atoms with van der Waals surface area (Å²) in [4.78, 5) is 11.4. The zero-order chi connectivity index (χ0) is 13.0. The van der Waals surface area contributed by atoms with E-state index in [4.69, 9.17) is 5.21 Å². The van der Waals surface area contributed by atoms with E-state index < -0.39 is 5.54 Å². The topological polar surface area (TPSA) is 85.8 Å². The summed E-state index contributed by atoms with van der Waals surface area (Å²) in [5, 5.41) is 14.5. The van der Waals surface area contributed by atoms with Crippen LogP contribution in [0.1, 0.15) is 41.5 Å². The lowest BCUT2D eigenvalue weighted by atomic mass is 10.0. The van der Waals surface area contributed by atoms with E-state index in [0.29, 0.717) is 5.71 Å². The van der Waals surface area contributed by atoms with Crippen LogP contribution >= 0.6 is 0 Å². The van der Waals surface area contributed by atoms with Crippen LogP contribution in [0.5, 0.6) is 0 Å². The van der Waals surface area contributed by atoms with E-state index in [1.807, 2.05) is 20.8 Å². The Balaban J connectivity index is 4.21. The maximum absolute atomic E-state index is 11.4. The Hall–Kier alpha value is -1.30. The van der Waals surface area contributed by atoms with Crippen molar-refractivity contribution < 1.29 is 10.0 Å². The minimum absolute atomic E-state index is 0.296. The van der Waals surface area contributed by atoms with Gasteiger partial charge in [-0.2, -0.15) is 0 Å². The molecule has 6 nitrogen and oxygen atoms in total. The molecule has 0 saturated heterocycles. The maximum atomic E-state index is 11.4. The van der Waals surface area contributed by atoms with Crippen molar-refractivity contribution in [3.63, 3.8) is 0 Å². The van der Waals surface area contributed by atoms with Gasteiger partial charge in [-0.3, -0.25) is 5.43 Å². The zero-order valence-corrected chi connectivity index (χ0v) is 10.8. The van der Waals surface area contributed by atoms with Crippen LogP contribution in [0.25, 0.3) is 0 Å². The van der Waals surface area contributed by atoms with Gasteiger partial charge in [-0.25, -0.2) is 10.2 Å². The molecule has 0 aromatic carbocycles. The second-order valence-electron chi connectivity index (χ2n) is 5.26. The molecule has 0 aliphatic carbocycles. The van der Waals surface area contributed by atoms with Crippen LogP contribution < -0.4 is 16.2 Å². The van der Waals surface area contributed by atoms with E-state index in [2.05, 4.69) is 21.3 Å². The Kier molecular flexibility index (Phi) is 4.74. The lowest BCUT2D eigenvalue weighted by molar-refractivity contribution is 0.223. The van der Waals surface area contributed by atoms with Crippen LogP contribution in [0.15, 0.2) is 5.16 Å². The first kappa shape index (κ1) is 14.7. The molecule has 6 heteroatoms. The molecule has 0 bridgehead atoms. The van der Waals surface area contributed by atoms with E-state index in [-0.39, 0.29) is 11.6 Å². The Labute approximate surface area is 96.4 Å². The molecule has 0 rings (SSSR count). The Bertz CT molecular complexity index is 279. The molecular formula is C10H22N4O2. The van der Waals surface area contributed by atoms with Crippen molar-refractivity contribution in [2.24, 2.45) is 5.16 Å². The van der Waals surface area contributed by atoms with Gasteiger partial charge in [0.1, 0.15) is 0 Å². The third-order valence-corrected chi connectivity index (χ3v) is 2.03. The molecule has 0 aliphatic heterocycles. The van der Waals surface area contributed by atoms with Gasteiger partial charge in [0, 0.05) is 5.54 Å². The van der Waals surface area contributed by atoms with Crippen LogP contribution in [0.2, 0.25) is 0 Å². The number of nitrogens with one attached hydrogen (secondary N) is 3. The van der Waals surface area contributed by atoms with E-state index in [1.54, 1.807) is 20.8 Å². The minimum Gasteiger partial charge on any atom is -0.411 e. The van der Waals surface area contributed by atoms with E-state index in [0.717, 1.165) is 0 Å². The fraction of sp³-hybridized carbons (Fsp3) is 0.800. The Morgan fingerprint density at radius 1 is 1.19 bits per heavy atom. The SMILES string of the molecule is C/C(=N/O)C(C)(C)NNC(=O)NC(C)(C)C. The lowest BCUT2D eigenvalue weighted by Gasteiger charge is -2.27. The van der Waals surface area contributed by atoms with Gasteiger partial charge in [0.15, 0.2) is 0 Å². The summed E-state index contributed by atoms with van der Waals surface area (Å²) >= 11 is 0. The van der Waals surface area contributed by atoms with Crippen LogP contribution in [-0.4, -0.2) is 28.0 Å². The number of hydrazine groups is 1. The fourth-order valence-electron chi connectivity index (χ4n) is 0.800. The van der Waals surface area contributed by atoms with Crippen LogP contribution in [0.4, 0.5) is 4.79 Å². The molecule has 0 aromatic heterocycles. The number of nitrogens with zero attached hydrogens (tertiary/aromatic N) is 1. The monoisotopic (exact) mass is 230 g/mol. The first-order valence-electron chi connectivity index (χ1n) is 5.13. The second-order valence-corrected chi connectivity index (χ2v) is 5.26. The smallest absolute Gasteiger partial charge is 0.329 e. The summed E-state index contributed by atoms with van der Waals surface area (Å²) in [5.74, 6) is 0. The number of urea groups is 1. The highest BCUT2D eigenvalue weighted by molar-refractivity contribution is 5.90. The predicted octanol–water partition coefficient (Wildman–Crippen LogP) is 1.22. The molecule has 0 spiro atoms. The van der Waals surface area contributed by atoms with Gasteiger partial charge in [-0.05, 0) is 41.5 Å². The predicted molar refractivity (Wildman–Crippen MR) is 63.5 cm³/mol. The minimum atomic E-state index is -0.607. The van der Waals surface area contributed by atoms with Gasteiger partial charge in [0.25, 0.3) is 0 Å². The maximum Gasteiger partial charge on any atom is 0.329 e. The average molecular weight is 230 g/mol. The van der Waals surface area contributed by atoms with Crippen LogP contribution in [0.3, 0.4) is 0 Å². The molecule has 0 atom stereocenters. The molecule has 0 aromatic rings. The second kappa shape index (κ2) is 5.16. The summed E-state index contributed by atoms with van der Waals surface area (Å²) < 4.78 is 0. The number of carbonyl (C=O) groups excluding carboxylic acids is 1. The largest absolute Gasteiger partial charge is 0.411 e. The summed E-state index contributed by atoms with van der Waals surface area (Å²) in [5.41, 5.74) is 4.85.